The van der Waals surface area contributed by atoms with Crippen molar-refractivity contribution >= 4 is 11.0 Å². The second-order valence-corrected chi connectivity index (χ2v) is 12.0. The molecule has 226 valence electrons. The Balaban J connectivity index is 1.39. The summed E-state index contributed by atoms with van der Waals surface area (Å²) in [5, 5.41) is 10.9. The van der Waals surface area contributed by atoms with Crippen LogP contribution >= 0.6 is 0 Å². The van der Waals surface area contributed by atoms with E-state index in [0.29, 0.717) is 11.3 Å². The van der Waals surface area contributed by atoms with Crippen molar-refractivity contribution in [1.29, 1.82) is 0 Å². The number of phenols is 1. The van der Waals surface area contributed by atoms with Crippen molar-refractivity contribution in [2.75, 3.05) is 0 Å². The van der Waals surface area contributed by atoms with E-state index in [2.05, 4.69) is 72.8 Å². The molecule has 5 heteroatoms. The van der Waals surface area contributed by atoms with Gasteiger partial charge >= 0.3 is 0 Å². The van der Waals surface area contributed by atoms with Crippen LogP contribution in [0.1, 0.15) is 22.4 Å². The van der Waals surface area contributed by atoms with Crippen molar-refractivity contribution in [3.05, 3.63) is 186 Å². The minimum Gasteiger partial charge on any atom is -0.507 e. The first kappa shape index (κ1) is 27.8. The second-order valence-electron chi connectivity index (χ2n) is 12.0. The number of aromatic hydroxyl groups is 1. The molecule has 0 unspecified atom stereocenters. The number of hydrogen-bond acceptors (Lipinski definition) is 5. The fourth-order valence-electron chi connectivity index (χ4n) is 7.22. The molecule has 0 saturated heterocycles. The van der Waals surface area contributed by atoms with E-state index in [9.17, 15) is 5.11 Å². The van der Waals surface area contributed by atoms with Gasteiger partial charge < -0.3 is 5.11 Å². The van der Waals surface area contributed by atoms with Crippen LogP contribution in [-0.2, 0) is 5.41 Å². The Bertz CT molecular complexity index is 2450. The molecule has 0 amide bonds. The van der Waals surface area contributed by atoms with Crippen LogP contribution in [0.5, 0.6) is 5.75 Å². The number of phenolic OH excluding ortho intramolecular Hbond substituents is 1. The second kappa shape index (κ2) is 11.1. The lowest BCUT2D eigenvalue weighted by atomic mass is 9.69. The van der Waals surface area contributed by atoms with Crippen LogP contribution in [0.15, 0.2) is 164 Å². The molecule has 8 aromatic rings. The Hall–Kier alpha value is -6.46. The lowest BCUT2D eigenvalue weighted by Gasteiger charge is -2.33. The normalized spacial score (nSPS) is 12.8. The van der Waals surface area contributed by atoms with Crippen LogP contribution in [0.25, 0.3) is 55.9 Å². The average Bonchev–Trinajstić information content (AvgIpc) is 3.46. The zero-order chi connectivity index (χ0) is 32.1. The summed E-state index contributed by atoms with van der Waals surface area (Å²) < 4.78 is 0. The molecule has 0 atom stereocenters. The fourth-order valence-corrected chi connectivity index (χ4v) is 7.22. The maximum Gasteiger partial charge on any atom is 0.124 e. The van der Waals surface area contributed by atoms with Gasteiger partial charge in [0.2, 0.25) is 0 Å². The van der Waals surface area contributed by atoms with Crippen molar-refractivity contribution in [1.82, 2.24) is 19.9 Å². The van der Waals surface area contributed by atoms with Crippen LogP contribution in [-0.4, -0.2) is 25.0 Å². The Morgan fingerprint density at radius 3 is 1.81 bits per heavy atom. The van der Waals surface area contributed by atoms with E-state index in [1.165, 1.54) is 0 Å². The largest absolute Gasteiger partial charge is 0.507 e. The molecule has 0 saturated carbocycles. The van der Waals surface area contributed by atoms with Crippen LogP contribution in [0.2, 0.25) is 0 Å². The molecule has 1 aliphatic rings. The van der Waals surface area contributed by atoms with Crippen LogP contribution in [0.4, 0.5) is 0 Å². The summed E-state index contributed by atoms with van der Waals surface area (Å²) in [6.07, 6.45) is 3.68. The third kappa shape index (κ3) is 4.32. The van der Waals surface area contributed by atoms with Gasteiger partial charge in [-0.3, -0.25) is 15.0 Å². The molecule has 0 bridgehead atoms. The quantitative estimate of drug-likeness (QED) is 0.209. The van der Waals surface area contributed by atoms with Gasteiger partial charge in [0.15, 0.2) is 0 Å². The molecule has 1 N–H and O–H groups in total. The average molecular weight is 617 g/mol. The third-order valence-electron chi connectivity index (χ3n) is 9.34. The number of para-hydroxylation sites is 3. The summed E-state index contributed by atoms with van der Waals surface area (Å²) in [6, 6.07) is 51.2. The maximum atomic E-state index is 10.9. The summed E-state index contributed by atoms with van der Waals surface area (Å²) >= 11 is 0. The molecule has 0 aliphatic heterocycles. The summed E-state index contributed by atoms with van der Waals surface area (Å²) in [6.45, 7) is 0. The predicted octanol–water partition coefficient (Wildman–Crippen LogP) is 9.49. The molecule has 5 nitrogen and oxygen atoms in total. The van der Waals surface area contributed by atoms with E-state index < -0.39 is 5.41 Å². The van der Waals surface area contributed by atoms with Gasteiger partial charge in [-0.25, -0.2) is 4.98 Å². The first-order valence-corrected chi connectivity index (χ1v) is 15.9. The van der Waals surface area contributed by atoms with Crippen LogP contribution in [0.3, 0.4) is 0 Å². The van der Waals surface area contributed by atoms with Crippen molar-refractivity contribution in [2.45, 2.75) is 5.41 Å². The topological polar surface area (TPSA) is 71.8 Å². The van der Waals surface area contributed by atoms with E-state index in [0.717, 1.165) is 67.1 Å². The van der Waals surface area contributed by atoms with E-state index in [-0.39, 0.29) is 5.75 Å². The maximum absolute atomic E-state index is 10.9. The van der Waals surface area contributed by atoms with Gasteiger partial charge in [-0.1, -0.05) is 84.9 Å². The Morgan fingerprint density at radius 1 is 0.458 bits per heavy atom. The molecule has 9 rings (SSSR count). The zero-order valence-corrected chi connectivity index (χ0v) is 25.8. The lowest BCUT2D eigenvalue weighted by molar-refractivity contribution is 0.477. The summed E-state index contributed by atoms with van der Waals surface area (Å²) in [7, 11) is 0. The van der Waals surface area contributed by atoms with Crippen LogP contribution < -0.4 is 0 Å². The number of nitrogens with zero attached hydrogens (tertiary/aromatic N) is 4. The van der Waals surface area contributed by atoms with Crippen molar-refractivity contribution in [2.24, 2.45) is 0 Å². The molecular formula is C43H28N4O. The first-order valence-electron chi connectivity index (χ1n) is 15.9. The van der Waals surface area contributed by atoms with E-state index in [4.69, 9.17) is 19.9 Å². The van der Waals surface area contributed by atoms with Gasteiger partial charge in [0, 0.05) is 22.9 Å². The third-order valence-corrected chi connectivity index (χ3v) is 9.34. The molecule has 0 radical (unpaired) electrons. The molecule has 3 heterocycles. The first-order chi connectivity index (χ1) is 23.7. The smallest absolute Gasteiger partial charge is 0.124 e. The van der Waals surface area contributed by atoms with Gasteiger partial charge in [-0.2, -0.15) is 0 Å². The number of fused-ring (bicyclic) bond motifs is 4. The standard InChI is InChI=1S/C43H28N4O/c48-41-21-8-3-14-33(41)37-20-11-22-42(47-37)43(34-15-4-1-12-31(34)32-13-2-5-16-35(32)43)30-25-28(36-17-9-10-23-44-36)24-29(26-30)40-27-45-38-18-6-7-19-39(38)46-40/h1-27,48H. The monoisotopic (exact) mass is 616 g/mol. The number of pyridine rings is 2. The lowest BCUT2D eigenvalue weighted by Crippen LogP contribution is -2.30. The van der Waals surface area contributed by atoms with E-state index >= 15 is 0 Å². The molecule has 5 aromatic carbocycles. The fraction of sp³-hybridized carbons (Fsp3) is 0.0233. The van der Waals surface area contributed by atoms with Crippen LogP contribution in [0, 0.1) is 0 Å². The molecule has 0 fully saturated rings. The van der Waals surface area contributed by atoms with Gasteiger partial charge in [0.25, 0.3) is 0 Å². The zero-order valence-electron chi connectivity index (χ0n) is 25.8. The van der Waals surface area contributed by atoms with Gasteiger partial charge in [0.05, 0.1) is 45.4 Å². The SMILES string of the molecule is Oc1ccccc1-c1cccc(C2(c3cc(-c4ccccn4)cc(-c4cnc5ccccc5n4)c3)c3ccccc3-c3ccccc32)n1. The highest BCUT2D eigenvalue weighted by Gasteiger charge is 2.47. The van der Waals surface area contributed by atoms with E-state index in [1.54, 1.807) is 6.07 Å². The van der Waals surface area contributed by atoms with E-state index in [1.807, 2.05) is 85.2 Å². The van der Waals surface area contributed by atoms with Crippen molar-refractivity contribution in [3.63, 3.8) is 0 Å². The molecular weight excluding hydrogens is 589 g/mol. The molecule has 48 heavy (non-hydrogen) atoms. The highest BCUT2D eigenvalue weighted by molar-refractivity contribution is 5.88. The summed E-state index contributed by atoms with van der Waals surface area (Å²) in [5.41, 5.74) is 12.3. The minimum atomic E-state index is -0.794. The predicted molar refractivity (Wildman–Crippen MR) is 190 cm³/mol. The van der Waals surface area contributed by atoms with Gasteiger partial charge in [-0.05, 0) is 94.5 Å². The highest BCUT2D eigenvalue weighted by Crippen LogP contribution is 2.56. The van der Waals surface area contributed by atoms with Crippen molar-refractivity contribution in [3.8, 4) is 50.6 Å². The molecule has 0 spiro atoms. The number of aromatic nitrogens is 4. The molecule has 1 aliphatic carbocycles. The van der Waals surface area contributed by atoms with Crippen molar-refractivity contribution < 1.29 is 5.11 Å². The number of rotatable bonds is 5. The Morgan fingerprint density at radius 2 is 1.08 bits per heavy atom. The summed E-state index contributed by atoms with van der Waals surface area (Å²) in [5.74, 6) is 0.192. The number of benzene rings is 5. The summed E-state index contributed by atoms with van der Waals surface area (Å²) in [4.78, 5) is 20.0. The Kier molecular flexibility index (Phi) is 6.44. The molecule has 3 aromatic heterocycles. The minimum absolute atomic E-state index is 0.192. The van der Waals surface area contributed by atoms with Gasteiger partial charge in [0.1, 0.15) is 5.75 Å². The number of hydrogen-bond donors (Lipinski definition) is 1. The van der Waals surface area contributed by atoms with Gasteiger partial charge in [-0.15, -0.1) is 0 Å². The Labute approximate surface area is 277 Å². The highest BCUT2D eigenvalue weighted by atomic mass is 16.3.